The highest BCUT2D eigenvalue weighted by atomic mass is 35.5. The number of hydrogen-bond donors (Lipinski definition) is 1. The average molecular weight is 555 g/mol. The van der Waals surface area contributed by atoms with E-state index in [0.717, 1.165) is 29.3 Å². The molecule has 200 valence electrons. The molecular formula is C28H31ClN4O4S. The summed E-state index contributed by atoms with van der Waals surface area (Å²) in [5, 5.41) is 1.11. The molecule has 2 atom stereocenters. The van der Waals surface area contributed by atoms with Gasteiger partial charge in [-0.3, -0.25) is 14.5 Å². The number of likely N-dealkylation sites (tertiary alicyclic amines) is 1. The number of ketones is 1. The van der Waals surface area contributed by atoms with E-state index in [1.165, 1.54) is 0 Å². The Morgan fingerprint density at radius 2 is 1.74 bits per heavy atom. The Morgan fingerprint density at radius 3 is 2.45 bits per heavy atom. The van der Waals surface area contributed by atoms with E-state index < -0.39 is 16.1 Å². The summed E-state index contributed by atoms with van der Waals surface area (Å²) in [6.07, 6.45) is 4.01. The van der Waals surface area contributed by atoms with Crippen molar-refractivity contribution in [2.24, 2.45) is 0 Å². The van der Waals surface area contributed by atoms with Crippen molar-refractivity contribution in [1.82, 2.24) is 19.1 Å². The maximum Gasteiger partial charge on any atom is 0.254 e. The summed E-state index contributed by atoms with van der Waals surface area (Å²) in [6.45, 7) is 2.54. The third-order valence-electron chi connectivity index (χ3n) is 8.11. The first kappa shape index (κ1) is 25.6. The van der Waals surface area contributed by atoms with Crippen molar-refractivity contribution >= 4 is 44.2 Å². The first-order valence-corrected chi connectivity index (χ1v) is 15.1. The standard InChI is InChI=1S/C28H31ClN4O4S/c29-24-17-30-25-9-6-20(15-23(24)25)28(35)33-18-21(16-26(33)27(34)14-19-4-2-1-3-5-19)31-10-12-32(13-11-31)38(36,37)22-7-8-22/h1-6,9,15,17,21-22,26,30H,7-8,10-14,16,18H2/t21-,26-/m0/s1. The largest absolute Gasteiger partial charge is 0.360 e. The van der Waals surface area contributed by atoms with Gasteiger partial charge in [-0.25, -0.2) is 8.42 Å². The van der Waals surface area contributed by atoms with Crippen molar-refractivity contribution in [3.63, 3.8) is 0 Å². The predicted molar refractivity (Wildman–Crippen MR) is 147 cm³/mol. The Morgan fingerprint density at radius 1 is 1.00 bits per heavy atom. The number of sulfonamides is 1. The molecule has 38 heavy (non-hydrogen) atoms. The number of H-pyrrole nitrogens is 1. The minimum atomic E-state index is -3.20. The van der Waals surface area contributed by atoms with E-state index in [-0.39, 0.29) is 29.4 Å². The molecule has 3 aliphatic rings. The van der Waals surface area contributed by atoms with Crippen LogP contribution in [0.5, 0.6) is 0 Å². The van der Waals surface area contributed by atoms with Gasteiger partial charge in [0.1, 0.15) is 0 Å². The topological polar surface area (TPSA) is 93.8 Å². The number of hydrogen-bond acceptors (Lipinski definition) is 5. The highest BCUT2D eigenvalue weighted by Crippen LogP contribution is 2.33. The molecule has 1 aromatic heterocycles. The molecule has 0 radical (unpaired) electrons. The molecule has 1 amide bonds. The molecule has 10 heteroatoms. The highest BCUT2D eigenvalue weighted by Gasteiger charge is 2.45. The molecule has 0 unspecified atom stereocenters. The van der Waals surface area contributed by atoms with Crippen LogP contribution < -0.4 is 0 Å². The predicted octanol–water partition coefficient (Wildman–Crippen LogP) is 3.33. The van der Waals surface area contributed by atoms with Gasteiger partial charge in [-0.05, 0) is 43.0 Å². The lowest BCUT2D eigenvalue weighted by Crippen LogP contribution is -2.53. The number of Topliss-reactive ketones (excluding diaryl/α,β-unsaturated/α-hetero) is 1. The molecular weight excluding hydrogens is 524 g/mol. The SMILES string of the molecule is O=C(Cc1ccccc1)[C@@H]1C[C@H](N2CCN(S(=O)(=O)C3CC3)CC2)CN1C(=O)c1ccc2[nH]cc(Cl)c2c1. The van der Waals surface area contributed by atoms with Crippen LogP contribution in [0.3, 0.4) is 0 Å². The number of nitrogens with zero attached hydrogens (tertiary/aromatic N) is 3. The molecule has 3 fully saturated rings. The normalized spacial score (nSPS) is 23.2. The summed E-state index contributed by atoms with van der Waals surface area (Å²) in [5.41, 5.74) is 2.27. The minimum Gasteiger partial charge on any atom is -0.360 e. The summed E-state index contributed by atoms with van der Waals surface area (Å²) < 4.78 is 27.0. The highest BCUT2D eigenvalue weighted by molar-refractivity contribution is 7.90. The van der Waals surface area contributed by atoms with Crippen LogP contribution in [0.4, 0.5) is 0 Å². The Bertz CT molecular complexity index is 1460. The maximum absolute atomic E-state index is 13.8. The van der Waals surface area contributed by atoms with Crippen LogP contribution in [0.1, 0.15) is 35.2 Å². The molecule has 0 bridgehead atoms. The van der Waals surface area contributed by atoms with Crippen LogP contribution in [0.15, 0.2) is 54.7 Å². The number of aromatic amines is 1. The average Bonchev–Trinajstić information content (AvgIpc) is 3.61. The number of fused-ring (bicyclic) bond motifs is 1. The van der Waals surface area contributed by atoms with Gasteiger partial charge >= 0.3 is 0 Å². The third kappa shape index (κ3) is 4.88. The summed E-state index contributed by atoms with van der Waals surface area (Å²) >= 11 is 6.31. The van der Waals surface area contributed by atoms with Crippen molar-refractivity contribution in [2.75, 3.05) is 32.7 Å². The van der Waals surface area contributed by atoms with E-state index in [1.807, 2.05) is 36.4 Å². The lowest BCUT2D eigenvalue weighted by molar-refractivity contribution is -0.122. The number of rotatable bonds is 7. The molecule has 2 aromatic carbocycles. The smallest absolute Gasteiger partial charge is 0.254 e. The Balaban J connectivity index is 1.22. The molecule has 3 heterocycles. The first-order valence-electron chi connectivity index (χ1n) is 13.2. The van der Waals surface area contributed by atoms with E-state index in [1.54, 1.807) is 27.5 Å². The Kier molecular flexibility index (Phi) is 6.80. The summed E-state index contributed by atoms with van der Waals surface area (Å²) in [4.78, 5) is 34.4. The van der Waals surface area contributed by atoms with Gasteiger partial charge in [0.15, 0.2) is 5.78 Å². The zero-order valence-electron chi connectivity index (χ0n) is 21.1. The van der Waals surface area contributed by atoms with Crippen molar-refractivity contribution in [3.8, 4) is 0 Å². The maximum atomic E-state index is 13.8. The monoisotopic (exact) mass is 554 g/mol. The number of aromatic nitrogens is 1. The first-order chi connectivity index (χ1) is 18.3. The van der Waals surface area contributed by atoms with E-state index in [9.17, 15) is 18.0 Å². The summed E-state index contributed by atoms with van der Waals surface area (Å²) in [6, 6.07) is 14.4. The number of benzene rings is 2. The molecule has 2 saturated heterocycles. The molecule has 1 saturated carbocycles. The van der Waals surface area contributed by atoms with Crippen LogP contribution in [0.2, 0.25) is 5.02 Å². The van der Waals surface area contributed by atoms with Gasteiger partial charge in [-0.2, -0.15) is 4.31 Å². The zero-order valence-corrected chi connectivity index (χ0v) is 22.6. The third-order valence-corrected chi connectivity index (χ3v) is 10.8. The van der Waals surface area contributed by atoms with E-state index in [2.05, 4.69) is 9.88 Å². The molecule has 2 aliphatic heterocycles. The lowest BCUT2D eigenvalue weighted by Gasteiger charge is -2.37. The lowest BCUT2D eigenvalue weighted by atomic mass is 10.00. The van der Waals surface area contributed by atoms with Crippen LogP contribution >= 0.6 is 11.6 Å². The second-order valence-corrected chi connectivity index (χ2v) is 13.2. The quantitative estimate of drug-likeness (QED) is 0.483. The number of amides is 1. The zero-order chi connectivity index (χ0) is 26.4. The van der Waals surface area contributed by atoms with Gasteiger partial charge in [0.2, 0.25) is 10.0 Å². The number of nitrogens with one attached hydrogen (secondary N) is 1. The van der Waals surface area contributed by atoms with Crippen LogP contribution in [0.25, 0.3) is 10.9 Å². The van der Waals surface area contributed by atoms with E-state index in [4.69, 9.17) is 11.6 Å². The number of piperazine rings is 1. The van der Waals surface area contributed by atoms with Gasteiger partial charge in [0.25, 0.3) is 5.91 Å². The van der Waals surface area contributed by atoms with E-state index in [0.29, 0.717) is 49.7 Å². The van der Waals surface area contributed by atoms with E-state index >= 15 is 0 Å². The molecule has 1 aliphatic carbocycles. The molecule has 0 spiro atoms. The van der Waals surface area contributed by atoms with Crippen molar-refractivity contribution in [1.29, 1.82) is 0 Å². The van der Waals surface area contributed by atoms with Gasteiger partial charge in [0, 0.05) is 67.8 Å². The van der Waals surface area contributed by atoms with Gasteiger partial charge in [-0.1, -0.05) is 41.9 Å². The molecule has 3 aromatic rings. The second kappa shape index (κ2) is 10.1. The fraction of sp³-hybridized carbons (Fsp3) is 0.429. The number of carbonyl (C=O) groups excluding carboxylic acids is 2. The van der Waals surface area contributed by atoms with Crippen molar-refractivity contribution < 1.29 is 18.0 Å². The Hall–Kier alpha value is -2.72. The van der Waals surface area contributed by atoms with Gasteiger partial charge < -0.3 is 9.88 Å². The summed E-state index contributed by atoms with van der Waals surface area (Å²) in [5.74, 6) is -0.171. The minimum absolute atomic E-state index is 0.00553. The van der Waals surface area contributed by atoms with Crippen molar-refractivity contribution in [2.45, 2.75) is 43.0 Å². The fourth-order valence-corrected chi connectivity index (χ4v) is 7.84. The molecule has 8 nitrogen and oxygen atoms in total. The van der Waals surface area contributed by atoms with Crippen LogP contribution in [0, 0.1) is 0 Å². The second-order valence-electron chi connectivity index (χ2n) is 10.6. The molecule has 6 rings (SSSR count). The van der Waals surface area contributed by atoms with Gasteiger partial charge in [-0.15, -0.1) is 0 Å². The fourth-order valence-electron chi connectivity index (χ4n) is 5.81. The van der Waals surface area contributed by atoms with Crippen molar-refractivity contribution in [3.05, 3.63) is 70.9 Å². The van der Waals surface area contributed by atoms with Gasteiger partial charge in [0.05, 0.1) is 16.3 Å². The van der Waals surface area contributed by atoms with Crippen LogP contribution in [-0.2, 0) is 21.2 Å². The Labute approximate surface area is 227 Å². The summed E-state index contributed by atoms with van der Waals surface area (Å²) in [7, 11) is -3.20. The number of carbonyl (C=O) groups is 2. The molecule has 1 N–H and O–H groups in total. The van der Waals surface area contributed by atoms with Crippen LogP contribution in [-0.4, -0.2) is 89.3 Å². The number of halogens is 1.